The van der Waals surface area contributed by atoms with Gasteiger partial charge in [0.25, 0.3) is 0 Å². The number of carboxylic acid groups (broad SMARTS) is 1. The average molecular weight is 287 g/mol. The number of carbonyl (C=O) groups is 2. The van der Waals surface area contributed by atoms with E-state index in [0.29, 0.717) is 11.3 Å². The number of esters is 1. The van der Waals surface area contributed by atoms with Crippen LogP contribution >= 0.6 is 0 Å². The van der Waals surface area contributed by atoms with Gasteiger partial charge in [-0.15, -0.1) is 5.75 Å². The summed E-state index contributed by atoms with van der Waals surface area (Å²) in [5, 5.41) is 22.8. The second-order valence-electron chi connectivity index (χ2n) is 3.84. The SMILES string of the molecule is COC(=O)/C=C(\C)N[C@@H](C(=O)O)c1ccc([O-])cc1.[Na+]. The molecular formula is C13H14NNaO5. The summed E-state index contributed by atoms with van der Waals surface area (Å²) in [5.41, 5.74) is 0.773. The molecule has 0 aliphatic carbocycles. The van der Waals surface area contributed by atoms with Gasteiger partial charge in [-0.05, 0) is 12.5 Å². The Morgan fingerprint density at radius 1 is 1.35 bits per heavy atom. The van der Waals surface area contributed by atoms with E-state index in [1.807, 2.05) is 0 Å². The van der Waals surface area contributed by atoms with Gasteiger partial charge in [-0.3, -0.25) is 0 Å². The van der Waals surface area contributed by atoms with Gasteiger partial charge in [-0.25, -0.2) is 9.59 Å². The molecule has 0 bridgehead atoms. The smallest absolute Gasteiger partial charge is 0.872 e. The van der Waals surface area contributed by atoms with Crippen LogP contribution in [0, 0.1) is 0 Å². The number of benzene rings is 1. The third-order valence-corrected chi connectivity index (χ3v) is 2.37. The molecule has 0 aromatic heterocycles. The van der Waals surface area contributed by atoms with Crippen molar-refractivity contribution in [1.29, 1.82) is 0 Å². The predicted octanol–water partition coefficient (Wildman–Crippen LogP) is -2.44. The number of hydrogen-bond acceptors (Lipinski definition) is 5. The van der Waals surface area contributed by atoms with E-state index in [4.69, 9.17) is 5.11 Å². The monoisotopic (exact) mass is 287 g/mol. The molecule has 6 nitrogen and oxygen atoms in total. The Balaban J connectivity index is 0.00000361. The van der Waals surface area contributed by atoms with Crippen LogP contribution in [0.4, 0.5) is 0 Å². The predicted molar refractivity (Wildman–Crippen MR) is 65.2 cm³/mol. The number of methoxy groups -OCH3 is 1. The molecule has 0 saturated carbocycles. The molecule has 1 aromatic carbocycles. The molecule has 0 aliphatic rings. The number of ether oxygens (including phenoxy) is 1. The topological polar surface area (TPSA) is 98.7 Å². The Morgan fingerprint density at radius 3 is 2.35 bits per heavy atom. The van der Waals surface area contributed by atoms with Crippen LogP contribution in [0.25, 0.3) is 0 Å². The molecule has 0 saturated heterocycles. The summed E-state index contributed by atoms with van der Waals surface area (Å²) in [6, 6.07) is 4.39. The maximum Gasteiger partial charge on any atom is 1.00 e. The van der Waals surface area contributed by atoms with Crippen molar-refractivity contribution in [2.75, 3.05) is 7.11 Å². The number of rotatable bonds is 5. The summed E-state index contributed by atoms with van der Waals surface area (Å²) < 4.78 is 4.44. The first kappa shape index (κ1) is 18.5. The van der Waals surface area contributed by atoms with Crippen molar-refractivity contribution in [3.63, 3.8) is 0 Å². The normalized spacial score (nSPS) is 12.0. The van der Waals surface area contributed by atoms with E-state index >= 15 is 0 Å². The molecule has 1 rings (SSSR count). The van der Waals surface area contributed by atoms with Gasteiger partial charge in [0.15, 0.2) is 0 Å². The van der Waals surface area contributed by atoms with Crippen molar-refractivity contribution >= 4 is 11.9 Å². The molecule has 0 heterocycles. The van der Waals surface area contributed by atoms with E-state index in [2.05, 4.69) is 10.1 Å². The first-order valence-electron chi connectivity index (χ1n) is 5.46. The molecule has 2 N–H and O–H groups in total. The van der Waals surface area contributed by atoms with Crippen molar-refractivity contribution < 1.29 is 54.1 Å². The molecule has 0 radical (unpaired) electrons. The third kappa shape index (κ3) is 5.64. The molecule has 0 amide bonds. The van der Waals surface area contributed by atoms with Crippen molar-refractivity contribution in [3.05, 3.63) is 41.6 Å². The summed E-state index contributed by atoms with van der Waals surface area (Å²) in [5.74, 6) is -1.89. The number of hydrogen-bond donors (Lipinski definition) is 2. The van der Waals surface area contributed by atoms with Gasteiger partial charge in [0, 0.05) is 11.8 Å². The van der Waals surface area contributed by atoms with E-state index in [1.165, 1.54) is 31.4 Å². The van der Waals surface area contributed by atoms with Crippen molar-refractivity contribution in [1.82, 2.24) is 5.32 Å². The number of carboxylic acids is 1. The first-order valence-corrected chi connectivity index (χ1v) is 5.46. The second-order valence-corrected chi connectivity index (χ2v) is 3.84. The quantitative estimate of drug-likeness (QED) is 0.354. The fraction of sp³-hybridized carbons (Fsp3) is 0.231. The van der Waals surface area contributed by atoms with Crippen LogP contribution in [0.2, 0.25) is 0 Å². The summed E-state index contributed by atoms with van der Waals surface area (Å²) >= 11 is 0. The standard InChI is InChI=1S/C13H15NO5.Na/c1-8(7-11(16)19-2)14-12(13(17)18)9-3-5-10(15)6-4-9;/h3-7,12,14-15H,1-2H3,(H,17,18);/q;+1/p-1/b8-7+;/t12-;/m1./s1. The fourth-order valence-corrected chi connectivity index (χ4v) is 1.45. The third-order valence-electron chi connectivity index (χ3n) is 2.37. The Hall–Kier alpha value is -1.50. The van der Waals surface area contributed by atoms with Crippen LogP contribution in [0.1, 0.15) is 18.5 Å². The Labute approximate surface area is 138 Å². The van der Waals surface area contributed by atoms with Crippen LogP contribution in [0.3, 0.4) is 0 Å². The van der Waals surface area contributed by atoms with Gasteiger partial charge in [0.1, 0.15) is 6.04 Å². The molecule has 20 heavy (non-hydrogen) atoms. The maximum absolute atomic E-state index is 11.2. The Kier molecular flexibility index (Phi) is 7.98. The molecule has 0 aliphatic heterocycles. The number of aliphatic carboxylic acids is 1. The van der Waals surface area contributed by atoms with Crippen LogP contribution in [-0.2, 0) is 14.3 Å². The molecule has 102 valence electrons. The molecule has 1 atom stereocenters. The maximum atomic E-state index is 11.2. The van der Waals surface area contributed by atoms with Crippen LogP contribution < -0.4 is 40.0 Å². The van der Waals surface area contributed by atoms with Gasteiger partial charge in [-0.2, -0.15) is 0 Å². The van der Waals surface area contributed by atoms with Gasteiger partial charge in [0.2, 0.25) is 0 Å². The van der Waals surface area contributed by atoms with E-state index < -0.39 is 18.0 Å². The zero-order valence-electron chi connectivity index (χ0n) is 11.5. The summed E-state index contributed by atoms with van der Waals surface area (Å²) in [4.78, 5) is 22.2. The fourth-order valence-electron chi connectivity index (χ4n) is 1.45. The van der Waals surface area contributed by atoms with Crippen molar-refractivity contribution in [3.8, 4) is 5.75 Å². The molecule has 0 unspecified atom stereocenters. The van der Waals surface area contributed by atoms with Crippen LogP contribution in [0.5, 0.6) is 5.75 Å². The zero-order valence-corrected chi connectivity index (χ0v) is 13.5. The molecule has 7 heteroatoms. The molecule has 0 spiro atoms. The van der Waals surface area contributed by atoms with Gasteiger partial charge in [-0.1, -0.05) is 24.3 Å². The number of allylic oxidation sites excluding steroid dienone is 1. The van der Waals surface area contributed by atoms with Crippen LogP contribution in [-0.4, -0.2) is 24.2 Å². The van der Waals surface area contributed by atoms with Gasteiger partial charge >= 0.3 is 41.5 Å². The van der Waals surface area contributed by atoms with Crippen molar-refractivity contribution in [2.24, 2.45) is 0 Å². The van der Waals surface area contributed by atoms with Gasteiger partial charge in [0.05, 0.1) is 7.11 Å². The number of carbonyl (C=O) groups excluding carboxylic acids is 1. The summed E-state index contributed by atoms with van der Waals surface area (Å²) in [6.45, 7) is 1.55. The van der Waals surface area contributed by atoms with E-state index in [0.717, 1.165) is 6.08 Å². The van der Waals surface area contributed by atoms with E-state index in [9.17, 15) is 14.7 Å². The summed E-state index contributed by atoms with van der Waals surface area (Å²) in [6.07, 6.45) is 1.15. The van der Waals surface area contributed by atoms with Crippen molar-refractivity contribution in [2.45, 2.75) is 13.0 Å². The summed E-state index contributed by atoms with van der Waals surface area (Å²) in [7, 11) is 1.23. The Morgan fingerprint density at radius 2 is 1.90 bits per heavy atom. The largest absolute Gasteiger partial charge is 1.00 e. The van der Waals surface area contributed by atoms with E-state index in [-0.39, 0.29) is 35.3 Å². The van der Waals surface area contributed by atoms with Crippen LogP contribution in [0.15, 0.2) is 36.0 Å². The molecule has 1 aromatic rings. The average Bonchev–Trinajstić information content (AvgIpc) is 2.36. The minimum Gasteiger partial charge on any atom is -0.872 e. The minimum atomic E-state index is -1.11. The van der Waals surface area contributed by atoms with E-state index in [1.54, 1.807) is 6.92 Å². The number of nitrogens with one attached hydrogen (secondary N) is 1. The molecular weight excluding hydrogens is 273 g/mol. The first-order chi connectivity index (χ1) is 8.93. The van der Waals surface area contributed by atoms with Gasteiger partial charge < -0.3 is 20.3 Å². The minimum absolute atomic E-state index is 0. The zero-order chi connectivity index (χ0) is 14.4. The Bertz CT molecular complexity index is 498. The molecule has 0 fully saturated rings. The second kappa shape index (κ2) is 8.63.